The highest BCUT2D eigenvalue weighted by Crippen LogP contribution is 2.20. The van der Waals surface area contributed by atoms with E-state index in [1.165, 1.54) is 6.07 Å². The van der Waals surface area contributed by atoms with Gasteiger partial charge in [-0.1, -0.05) is 54.1 Å². The van der Waals surface area contributed by atoms with Crippen LogP contribution in [0.2, 0.25) is 0 Å². The summed E-state index contributed by atoms with van der Waals surface area (Å²) in [6.45, 7) is 7.18. The molecule has 0 bridgehead atoms. The second-order valence-corrected chi connectivity index (χ2v) is 11.1. The quantitative estimate of drug-likeness (QED) is 0.253. The Balaban J connectivity index is 1.04. The van der Waals surface area contributed by atoms with Crippen molar-refractivity contribution < 1.29 is 9.18 Å². The first-order chi connectivity index (χ1) is 21.0. The minimum Gasteiger partial charge on any atom is -0.367 e. The maximum absolute atomic E-state index is 14.1. The van der Waals surface area contributed by atoms with Crippen molar-refractivity contribution in [1.82, 2.24) is 29.4 Å². The molecule has 9 nitrogen and oxygen atoms in total. The van der Waals surface area contributed by atoms with Crippen LogP contribution in [0.5, 0.6) is 0 Å². The van der Waals surface area contributed by atoms with Crippen LogP contribution in [0.1, 0.15) is 29.8 Å². The molecule has 0 atom stereocenters. The van der Waals surface area contributed by atoms with Gasteiger partial charge in [0.05, 0.1) is 23.1 Å². The maximum atomic E-state index is 14.1. The van der Waals surface area contributed by atoms with E-state index in [1.807, 2.05) is 72.0 Å². The van der Waals surface area contributed by atoms with Gasteiger partial charge in [-0.05, 0) is 49.7 Å². The molecule has 3 heterocycles. The number of benzene rings is 3. The summed E-state index contributed by atoms with van der Waals surface area (Å²) >= 11 is 0. The molecule has 1 N–H and O–H groups in total. The van der Waals surface area contributed by atoms with Crippen molar-refractivity contribution in [1.29, 1.82) is 0 Å². The number of nitrogens with one attached hydrogen (secondary N) is 1. The van der Waals surface area contributed by atoms with Gasteiger partial charge in [-0.15, -0.1) is 10.2 Å². The Morgan fingerprint density at radius 3 is 2.47 bits per heavy atom. The number of hydrogen-bond acceptors (Lipinski definition) is 6. The van der Waals surface area contributed by atoms with E-state index in [0.717, 1.165) is 55.8 Å². The fourth-order valence-electron chi connectivity index (χ4n) is 5.76. The van der Waals surface area contributed by atoms with E-state index in [0.29, 0.717) is 42.2 Å². The lowest BCUT2D eigenvalue weighted by Gasteiger charge is -2.36. The van der Waals surface area contributed by atoms with Crippen molar-refractivity contribution in [3.63, 3.8) is 0 Å². The molecule has 0 aliphatic carbocycles. The van der Waals surface area contributed by atoms with E-state index in [9.17, 15) is 14.0 Å². The van der Waals surface area contributed by atoms with Gasteiger partial charge in [0.25, 0.3) is 5.56 Å². The average Bonchev–Trinajstić information content (AvgIpc) is 3.46. The van der Waals surface area contributed by atoms with Gasteiger partial charge >= 0.3 is 0 Å². The number of nitrogens with zero attached hydrogens (tertiary/aromatic N) is 6. The van der Waals surface area contributed by atoms with Gasteiger partial charge < -0.3 is 10.2 Å². The van der Waals surface area contributed by atoms with Crippen LogP contribution < -0.4 is 15.8 Å². The molecule has 3 aromatic carbocycles. The topological polar surface area (TPSA) is 87.8 Å². The van der Waals surface area contributed by atoms with Gasteiger partial charge in [0.15, 0.2) is 0 Å². The van der Waals surface area contributed by atoms with Gasteiger partial charge in [0.2, 0.25) is 11.7 Å². The van der Waals surface area contributed by atoms with Crippen LogP contribution in [-0.2, 0) is 17.8 Å². The fraction of sp³-hybridized carbons (Fsp3) is 0.333. The first-order valence-corrected chi connectivity index (χ1v) is 14.9. The SMILES string of the molecule is Cc1ccc(Cn2c(=O)c3ccccc3n3c(CCC(=O)NCCCN4CCN(c5ccccc5F)CC4)nnc23)cc1. The zero-order chi connectivity index (χ0) is 29.8. The van der Waals surface area contributed by atoms with E-state index in [2.05, 4.69) is 25.3 Å². The largest absolute Gasteiger partial charge is 0.367 e. The third kappa shape index (κ3) is 6.29. The highest BCUT2D eigenvalue weighted by atomic mass is 19.1. The van der Waals surface area contributed by atoms with Crippen LogP contribution >= 0.6 is 0 Å². The summed E-state index contributed by atoms with van der Waals surface area (Å²) in [5.41, 5.74) is 3.44. The molecule has 6 rings (SSSR count). The van der Waals surface area contributed by atoms with E-state index in [4.69, 9.17) is 0 Å². The Bertz CT molecular complexity index is 1790. The number of hydrogen-bond donors (Lipinski definition) is 1. The zero-order valence-electron chi connectivity index (χ0n) is 24.4. The number of anilines is 1. The molecule has 1 saturated heterocycles. The molecule has 5 aromatic rings. The minimum atomic E-state index is -0.178. The van der Waals surface area contributed by atoms with Gasteiger partial charge in [-0.2, -0.15) is 0 Å². The van der Waals surface area contributed by atoms with E-state index in [-0.39, 0.29) is 23.7 Å². The lowest BCUT2D eigenvalue weighted by Crippen LogP contribution is -2.47. The normalized spacial score (nSPS) is 14.0. The van der Waals surface area contributed by atoms with Crippen LogP contribution in [0.3, 0.4) is 0 Å². The molecule has 222 valence electrons. The number of piperazine rings is 1. The predicted octanol–water partition coefficient (Wildman–Crippen LogP) is 3.80. The lowest BCUT2D eigenvalue weighted by molar-refractivity contribution is -0.121. The smallest absolute Gasteiger partial charge is 0.263 e. The summed E-state index contributed by atoms with van der Waals surface area (Å²) in [4.78, 5) is 30.6. The van der Waals surface area contributed by atoms with Crippen LogP contribution in [-0.4, -0.2) is 69.2 Å². The molecule has 0 saturated carbocycles. The van der Waals surface area contributed by atoms with Crippen molar-refractivity contribution in [3.05, 3.63) is 106 Å². The van der Waals surface area contributed by atoms with E-state index >= 15 is 0 Å². The number of amides is 1. The predicted molar refractivity (Wildman–Crippen MR) is 166 cm³/mol. The first-order valence-electron chi connectivity index (χ1n) is 14.9. The molecule has 1 aliphatic heterocycles. The van der Waals surface area contributed by atoms with Gasteiger partial charge in [-0.3, -0.25) is 23.5 Å². The summed E-state index contributed by atoms with van der Waals surface area (Å²) in [5, 5.41) is 12.4. The number of aromatic nitrogens is 4. The number of rotatable bonds is 10. The molecule has 2 aromatic heterocycles. The van der Waals surface area contributed by atoms with Crippen molar-refractivity contribution in [3.8, 4) is 0 Å². The molecule has 1 fully saturated rings. The molecule has 10 heteroatoms. The zero-order valence-corrected chi connectivity index (χ0v) is 24.4. The maximum Gasteiger partial charge on any atom is 0.263 e. The second kappa shape index (κ2) is 12.7. The Hall–Kier alpha value is -4.57. The number of carbonyl (C=O) groups excluding carboxylic acids is 1. The van der Waals surface area contributed by atoms with Crippen LogP contribution in [0, 0.1) is 12.7 Å². The molecule has 1 amide bonds. The number of fused-ring (bicyclic) bond motifs is 3. The highest BCUT2D eigenvalue weighted by molar-refractivity contribution is 5.80. The second-order valence-electron chi connectivity index (χ2n) is 11.1. The van der Waals surface area contributed by atoms with Crippen LogP contribution in [0.15, 0.2) is 77.6 Å². The fourth-order valence-corrected chi connectivity index (χ4v) is 5.76. The monoisotopic (exact) mass is 581 g/mol. The van der Waals surface area contributed by atoms with Gasteiger partial charge in [-0.25, -0.2) is 4.39 Å². The van der Waals surface area contributed by atoms with Crippen molar-refractivity contribution >= 4 is 28.3 Å². The summed E-state index contributed by atoms with van der Waals surface area (Å²) in [5.74, 6) is 0.891. The summed E-state index contributed by atoms with van der Waals surface area (Å²) < 4.78 is 17.7. The summed E-state index contributed by atoms with van der Waals surface area (Å²) in [6, 6.07) is 22.5. The number of carbonyl (C=O) groups is 1. The van der Waals surface area contributed by atoms with Crippen LogP contribution in [0.4, 0.5) is 10.1 Å². The first kappa shape index (κ1) is 28.5. The molecular formula is C33H36FN7O2. The molecule has 0 unspecified atom stereocenters. The summed E-state index contributed by atoms with van der Waals surface area (Å²) in [7, 11) is 0. The molecule has 0 radical (unpaired) electrons. The van der Waals surface area contributed by atoms with Crippen molar-refractivity contribution in [2.24, 2.45) is 0 Å². The van der Waals surface area contributed by atoms with E-state index in [1.54, 1.807) is 10.6 Å². The van der Waals surface area contributed by atoms with Crippen molar-refractivity contribution in [2.75, 3.05) is 44.2 Å². The Kier molecular flexibility index (Phi) is 8.46. The highest BCUT2D eigenvalue weighted by Gasteiger charge is 2.20. The molecule has 0 spiro atoms. The number of aryl methyl sites for hydroxylation is 2. The lowest BCUT2D eigenvalue weighted by atomic mass is 10.1. The molecule has 1 aliphatic rings. The van der Waals surface area contributed by atoms with Crippen molar-refractivity contribution in [2.45, 2.75) is 32.7 Å². The van der Waals surface area contributed by atoms with Gasteiger partial charge in [0.1, 0.15) is 11.6 Å². The number of para-hydroxylation sites is 2. The standard InChI is InChI=1S/C33H36FN7O2/c1-24-11-13-25(14-12-24)23-40-32(43)26-7-2-4-9-28(26)41-30(36-37-33(40)41)15-16-31(42)35-17-6-18-38-19-21-39(22-20-38)29-10-5-3-8-27(29)34/h2-5,7-14H,6,15-23H2,1H3,(H,35,42). The third-order valence-electron chi connectivity index (χ3n) is 8.15. The minimum absolute atomic E-state index is 0.0431. The number of halogens is 1. The summed E-state index contributed by atoms with van der Waals surface area (Å²) in [6.07, 6.45) is 1.51. The molecular weight excluding hydrogens is 545 g/mol. The third-order valence-corrected chi connectivity index (χ3v) is 8.15. The molecule has 43 heavy (non-hydrogen) atoms. The van der Waals surface area contributed by atoms with Gasteiger partial charge in [0, 0.05) is 45.6 Å². The van der Waals surface area contributed by atoms with Crippen LogP contribution in [0.25, 0.3) is 16.7 Å². The Morgan fingerprint density at radius 2 is 1.67 bits per heavy atom. The Labute approximate surface area is 249 Å². The van der Waals surface area contributed by atoms with E-state index < -0.39 is 0 Å². The Morgan fingerprint density at radius 1 is 0.930 bits per heavy atom. The average molecular weight is 582 g/mol.